The van der Waals surface area contributed by atoms with Gasteiger partial charge in [-0.2, -0.15) is 0 Å². The van der Waals surface area contributed by atoms with Crippen LogP contribution in [0.2, 0.25) is 0 Å². The molecule has 1 aliphatic heterocycles. The molecule has 1 N–H and O–H groups in total. The number of carbonyl (C=O) groups is 2. The average molecular weight is 377 g/mol. The zero-order valence-corrected chi connectivity index (χ0v) is 16.7. The Hall–Kier alpha value is -2.62. The lowest BCUT2D eigenvalue weighted by Crippen LogP contribution is -2.38. The van der Waals surface area contributed by atoms with Crippen molar-refractivity contribution >= 4 is 23.2 Å². The Morgan fingerprint density at radius 2 is 1.64 bits per heavy atom. The highest BCUT2D eigenvalue weighted by molar-refractivity contribution is 5.97. The van der Waals surface area contributed by atoms with Gasteiger partial charge in [-0.1, -0.05) is 30.3 Å². The molecule has 1 aliphatic carbocycles. The number of amides is 2. The van der Waals surface area contributed by atoms with E-state index >= 15 is 0 Å². The first kappa shape index (κ1) is 18.7. The van der Waals surface area contributed by atoms with Gasteiger partial charge in [-0.05, 0) is 74.8 Å². The molecule has 28 heavy (non-hydrogen) atoms. The highest BCUT2D eigenvalue weighted by Crippen LogP contribution is 2.35. The maximum Gasteiger partial charge on any atom is 0.230 e. The van der Waals surface area contributed by atoms with E-state index in [2.05, 4.69) is 24.4 Å². The van der Waals surface area contributed by atoms with E-state index < -0.39 is 0 Å². The summed E-state index contributed by atoms with van der Waals surface area (Å²) in [6.07, 6.45) is 4.09. The SMILES string of the molecule is Cc1cccc(NC(=O)C2CCC(C(=O)N3CCc4ccccc43)CC2)c1C. The van der Waals surface area contributed by atoms with E-state index in [1.165, 1.54) is 11.1 Å². The second kappa shape index (κ2) is 7.78. The number of anilines is 2. The van der Waals surface area contributed by atoms with Gasteiger partial charge in [0.1, 0.15) is 0 Å². The Kier molecular flexibility index (Phi) is 5.21. The van der Waals surface area contributed by atoms with Gasteiger partial charge < -0.3 is 10.2 Å². The maximum atomic E-state index is 13.0. The van der Waals surface area contributed by atoms with E-state index in [0.717, 1.165) is 55.6 Å². The normalized spacial score (nSPS) is 21.3. The molecule has 0 bridgehead atoms. The summed E-state index contributed by atoms with van der Waals surface area (Å²) in [5.41, 5.74) is 5.53. The molecule has 4 rings (SSSR count). The van der Waals surface area contributed by atoms with Gasteiger partial charge in [0.2, 0.25) is 11.8 Å². The van der Waals surface area contributed by atoms with Crippen molar-refractivity contribution in [1.82, 2.24) is 0 Å². The van der Waals surface area contributed by atoms with Gasteiger partial charge in [0.15, 0.2) is 0 Å². The predicted molar refractivity (Wildman–Crippen MR) is 112 cm³/mol. The van der Waals surface area contributed by atoms with E-state index in [-0.39, 0.29) is 23.7 Å². The molecule has 2 aromatic carbocycles. The minimum Gasteiger partial charge on any atom is -0.326 e. The Morgan fingerprint density at radius 1 is 0.929 bits per heavy atom. The largest absolute Gasteiger partial charge is 0.326 e. The Morgan fingerprint density at radius 3 is 2.43 bits per heavy atom. The number of aryl methyl sites for hydroxylation is 1. The third-order valence-corrected chi connectivity index (χ3v) is 6.46. The third kappa shape index (κ3) is 3.56. The summed E-state index contributed by atoms with van der Waals surface area (Å²) >= 11 is 0. The second-order valence-electron chi connectivity index (χ2n) is 8.15. The highest BCUT2D eigenvalue weighted by Gasteiger charge is 2.34. The van der Waals surface area contributed by atoms with Crippen molar-refractivity contribution in [1.29, 1.82) is 0 Å². The Labute approximate surface area is 166 Å². The van der Waals surface area contributed by atoms with Gasteiger partial charge in [-0.15, -0.1) is 0 Å². The first-order valence-corrected chi connectivity index (χ1v) is 10.3. The fraction of sp³-hybridized carbons (Fsp3) is 0.417. The van der Waals surface area contributed by atoms with Crippen molar-refractivity contribution in [3.05, 3.63) is 59.2 Å². The summed E-state index contributed by atoms with van der Waals surface area (Å²) in [6.45, 7) is 4.87. The molecule has 0 atom stereocenters. The quantitative estimate of drug-likeness (QED) is 0.848. The molecule has 2 amide bonds. The predicted octanol–water partition coefficient (Wildman–Crippen LogP) is 4.64. The number of carbonyl (C=O) groups excluding carboxylic acids is 2. The number of fused-ring (bicyclic) bond motifs is 1. The number of nitrogens with one attached hydrogen (secondary N) is 1. The minimum absolute atomic E-state index is 0.00479. The molecule has 146 valence electrons. The second-order valence-corrected chi connectivity index (χ2v) is 8.15. The zero-order valence-electron chi connectivity index (χ0n) is 16.7. The number of para-hydroxylation sites is 1. The lowest BCUT2D eigenvalue weighted by atomic mass is 9.80. The summed E-state index contributed by atoms with van der Waals surface area (Å²) in [5, 5.41) is 3.10. The van der Waals surface area contributed by atoms with Crippen LogP contribution in [-0.2, 0) is 16.0 Å². The maximum absolute atomic E-state index is 13.0. The Bertz CT molecular complexity index is 897. The van der Waals surface area contributed by atoms with Gasteiger partial charge >= 0.3 is 0 Å². The number of nitrogens with zero attached hydrogens (tertiary/aromatic N) is 1. The van der Waals surface area contributed by atoms with Crippen molar-refractivity contribution < 1.29 is 9.59 Å². The fourth-order valence-corrected chi connectivity index (χ4v) is 4.51. The average Bonchev–Trinajstić information content (AvgIpc) is 3.15. The molecule has 0 radical (unpaired) electrons. The van der Waals surface area contributed by atoms with Gasteiger partial charge in [0.25, 0.3) is 0 Å². The van der Waals surface area contributed by atoms with E-state index in [4.69, 9.17) is 0 Å². The molecule has 4 nitrogen and oxygen atoms in total. The van der Waals surface area contributed by atoms with Crippen LogP contribution in [0.5, 0.6) is 0 Å². The molecule has 0 aromatic heterocycles. The van der Waals surface area contributed by atoms with Crippen molar-refractivity contribution in [2.24, 2.45) is 11.8 Å². The number of hydrogen-bond acceptors (Lipinski definition) is 2. The molecule has 1 heterocycles. The molecule has 1 fully saturated rings. The standard InChI is InChI=1S/C24H28N2O2/c1-16-6-5-8-21(17(16)2)25-23(27)19-10-12-20(13-11-19)24(28)26-15-14-18-7-3-4-9-22(18)26/h3-9,19-20H,10-15H2,1-2H3,(H,25,27). The van der Waals surface area contributed by atoms with Crippen LogP contribution in [0.3, 0.4) is 0 Å². The highest BCUT2D eigenvalue weighted by atomic mass is 16.2. The molecule has 0 spiro atoms. The fourth-order valence-electron chi connectivity index (χ4n) is 4.51. The summed E-state index contributed by atoms with van der Waals surface area (Å²) in [4.78, 5) is 27.7. The molecule has 0 saturated heterocycles. The lowest BCUT2D eigenvalue weighted by molar-refractivity contribution is -0.126. The lowest BCUT2D eigenvalue weighted by Gasteiger charge is -2.30. The monoisotopic (exact) mass is 376 g/mol. The summed E-state index contributed by atoms with van der Waals surface area (Å²) in [5.74, 6) is 0.357. The van der Waals surface area contributed by atoms with E-state index in [9.17, 15) is 9.59 Å². The van der Waals surface area contributed by atoms with Crippen LogP contribution in [0.1, 0.15) is 42.4 Å². The van der Waals surface area contributed by atoms with Gasteiger partial charge in [0, 0.05) is 29.8 Å². The summed E-state index contributed by atoms with van der Waals surface area (Å²) in [6, 6.07) is 14.2. The summed E-state index contributed by atoms with van der Waals surface area (Å²) in [7, 11) is 0. The first-order chi connectivity index (χ1) is 13.5. The van der Waals surface area contributed by atoms with E-state index in [1.807, 2.05) is 42.2 Å². The van der Waals surface area contributed by atoms with Crippen LogP contribution in [0.4, 0.5) is 11.4 Å². The van der Waals surface area contributed by atoms with Gasteiger partial charge in [-0.3, -0.25) is 9.59 Å². The van der Waals surface area contributed by atoms with E-state index in [1.54, 1.807) is 0 Å². The van der Waals surface area contributed by atoms with Crippen molar-refractivity contribution in [2.75, 3.05) is 16.8 Å². The number of hydrogen-bond donors (Lipinski definition) is 1. The molecule has 4 heteroatoms. The van der Waals surface area contributed by atoms with Crippen LogP contribution in [0.25, 0.3) is 0 Å². The topological polar surface area (TPSA) is 49.4 Å². The van der Waals surface area contributed by atoms with Crippen LogP contribution < -0.4 is 10.2 Å². The summed E-state index contributed by atoms with van der Waals surface area (Å²) < 4.78 is 0. The molecule has 0 unspecified atom stereocenters. The van der Waals surface area contributed by atoms with Crippen molar-refractivity contribution in [3.8, 4) is 0 Å². The van der Waals surface area contributed by atoms with Crippen LogP contribution in [0.15, 0.2) is 42.5 Å². The van der Waals surface area contributed by atoms with Crippen molar-refractivity contribution in [2.45, 2.75) is 46.0 Å². The number of rotatable bonds is 3. The number of benzene rings is 2. The third-order valence-electron chi connectivity index (χ3n) is 6.46. The smallest absolute Gasteiger partial charge is 0.230 e. The van der Waals surface area contributed by atoms with Gasteiger partial charge in [0.05, 0.1) is 0 Å². The van der Waals surface area contributed by atoms with Crippen molar-refractivity contribution in [3.63, 3.8) is 0 Å². The van der Waals surface area contributed by atoms with Crippen LogP contribution in [0, 0.1) is 25.7 Å². The van der Waals surface area contributed by atoms with Crippen LogP contribution >= 0.6 is 0 Å². The molecule has 2 aromatic rings. The zero-order chi connectivity index (χ0) is 19.7. The van der Waals surface area contributed by atoms with Crippen LogP contribution in [-0.4, -0.2) is 18.4 Å². The first-order valence-electron chi connectivity index (χ1n) is 10.3. The minimum atomic E-state index is -0.00479. The Balaban J connectivity index is 1.35. The molecule has 1 saturated carbocycles. The molecular formula is C24H28N2O2. The molecular weight excluding hydrogens is 348 g/mol. The van der Waals surface area contributed by atoms with Gasteiger partial charge in [-0.25, -0.2) is 0 Å². The molecule has 2 aliphatic rings. The van der Waals surface area contributed by atoms with E-state index in [0.29, 0.717) is 0 Å².